The van der Waals surface area contributed by atoms with Crippen molar-refractivity contribution in [3.63, 3.8) is 0 Å². The third-order valence-electron chi connectivity index (χ3n) is 9.03. The summed E-state index contributed by atoms with van der Waals surface area (Å²) in [5.74, 6) is 2.40. The molecule has 1 spiro atoms. The van der Waals surface area contributed by atoms with Crippen molar-refractivity contribution in [3.05, 3.63) is 24.8 Å². The first kappa shape index (κ1) is 17.4. The lowest BCUT2D eigenvalue weighted by atomic mass is 9.41. The van der Waals surface area contributed by atoms with E-state index in [1.54, 1.807) is 5.57 Å². The van der Waals surface area contributed by atoms with E-state index in [4.69, 9.17) is 0 Å². The summed E-state index contributed by atoms with van der Waals surface area (Å²) in [6.07, 6.45) is 13.6. The molecule has 138 valence electrons. The van der Waals surface area contributed by atoms with Crippen LogP contribution in [0.2, 0.25) is 0 Å². The molecule has 25 heavy (non-hydrogen) atoms. The Kier molecular flexibility index (Phi) is 3.98. The van der Waals surface area contributed by atoms with Gasteiger partial charge in [0.1, 0.15) is 0 Å². The second-order valence-corrected chi connectivity index (χ2v) is 10.3. The summed E-state index contributed by atoms with van der Waals surface area (Å²) < 4.78 is 0. The van der Waals surface area contributed by atoms with Crippen LogP contribution in [0.3, 0.4) is 0 Å². The van der Waals surface area contributed by atoms with Crippen LogP contribution in [0.4, 0.5) is 0 Å². The zero-order chi connectivity index (χ0) is 17.9. The van der Waals surface area contributed by atoms with Gasteiger partial charge in [0.15, 0.2) is 0 Å². The number of fused-ring (bicyclic) bond motifs is 3. The van der Waals surface area contributed by atoms with Crippen LogP contribution in [0.15, 0.2) is 24.8 Å². The molecule has 4 saturated carbocycles. The summed E-state index contributed by atoms with van der Waals surface area (Å²) in [6.45, 7) is 13.9. The highest BCUT2D eigenvalue weighted by atomic mass is 16.1. The highest BCUT2D eigenvalue weighted by Gasteiger charge is 2.63. The predicted octanol–water partition coefficient (Wildman–Crippen LogP) is 5.26. The molecule has 4 rings (SSSR count). The van der Waals surface area contributed by atoms with Crippen LogP contribution in [0.25, 0.3) is 0 Å². The van der Waals surface area contributed by atoms with E-state index in [9.17, 15) is 4.79 Å². The third-order valence-corrected chi connectivity index (χ3v) is 9.03. The van der Waals surface area contributed by atoms with Crippen molar-refractivity contribution < 1.29 is 4.79 Å². The molecule has 0 saturated heterocycles. The molecule has 0 aromatic rings. The van der Waals surface area contributed by atoms with E-state index in [2.05, 4.69) is 32.3 Å². The fourth-order valence-electron chi connectivity index (χ4n) is 8.06. The average molecular weight is 342 g/mol. The molecular formula is C23H35NO. The Labute approximate surface area is 153 Å². The first-order valence-electron chi connectivity index (χ1n) is 10.4. The molecule has 0 aliphatic heterocycles. The fraction of sp³-hybridized carbons (Fsp3) is 0.783. The Balaban J connectivity index is 1.62. The van der Waals surface area contributed by atoms with Crippen molar-refractivity contribution in [1.29, 1.82) is 0 Å². The molecule has 6 atom stereocenters. The molecule has 4 fully saturated rings. The van der Waals surface area contributed by atoms with Gasteiger partial charge in [0.05, 0.1) is 0 Å². The minimum atomic E-state index is -0.0200. The first-order chi connectivity index (χ1) is 11.8. The summed E-state index contributed by atoms with van der Waals surface area (Å²) in [4.78, 5) is 11.8. The molecule has 0 aromatic carbocycles. The van der Waals surface area contributed by atoms with Crippen LogP contribution in [0, 0.1) is 34.0 Å². The summed E-state index contributed by atoms with van der Waals surface area (Å²) in [5.41, 5.74) is 2.80. The maximum atomic E-state index is 11.8. The Morgan fingerprint density at radius 3 is 2.76 bits per heavy atom. The van der Waals surface area contributed by atoms with E-state index >= 15 is 0 Å². The zero-order valence-corrected chi connectivity index (χ0v) is 16.2. The normalized spacial score (nSPS) is 48.4. The van der Waals surface area contributed by atoms with Crippen molar-refractivity contribution in [2.75, 3.05) is 6.54 Å². The lowest BCUT2D eigenvalue weighted by Crippen LogP contribution is -2.58. The highest BCUT2D eigenvalue weighted by Crippen LogP contribution is 2.72. The van der Waals surface area contributed by atoms with Gasteiger partial charge < -0.3 is 5.32 Å². The molecule has 2 nitrogen and oxygen atoms in total. The molecule has 1 amide bonds. The van der Waals surface area contributed by atoms with E-state index < -0.39 is 0 Å². The predicted molar refractivity (Wildman–Crippen MR) is 103 cm³/mol. The van der Waals surface area contributed by atoms with Crippen molar-refractivity contribution in [1.82, 2.24) is 5.32 Å². The molecule has 1 N–H and O–H groups in total. The lowest BCUT2D eigenvalue weighted by molar-refractivity contribution is -0.149. The van der Waals surface area contributed by atoms with Gasteiger partial charge in [0, 0.05) is 6.54 Å². The average Bonchev–Trinajstić information content (AvgIpc) is 2.81. The van der Waals surface area contributed by atoms with E-state index in [1.807, 2.05) is 0 Å². The van der Waals surface area contributed by atoms with Crippen LogP contribution in [0.5, 0.6) is 0 Å². The van der Waals surface area contributed by atoms with Crippen molar-refractivity contribution in [3.8, 4) is 0 Å². The number of carbonyl (C=O) groups excluding carboxylic acids is 1. The van der Waals surface area contributed by atoms with Crippen LogP contribution < -0.4 is 5.32 Å². The molecule has 4 aliphatic carbocycles. The van der Waals surface area contributed by atoms with Gasteiger partial charge in [-0.05, 0) is 91.4 Å². The number of hydrogen-bond acceptors (Lipinski definition) is 1. The topological polar surface area (TPSA) is 29.1 Å². The number of amides is 1. The van der Waals surface area contributed by atoms with Gasteiger partial charge in [-0.15, -0.1) is 0 Å². The molecule has 0 radical (unpaired) electrons. The molecule has 2 heteroatoms. The second kappa shape index (κ2) is 5.72. The van der Waals surface area contributed by atoms with Crippen molar-refractivity contribution in [2.24, 2.45) is 34.0 Å². The quantitative estimate of drug-likeness (QED) is 0.551. The molecule has 4 aliphatic rings. The fourth-order valence-corrected chi connectivity index (χ4v) is 8.06. The minimum Gasteiger partial charge on any atom is -0.352 e. The summed E-state index contributed by atoms with van der Waals surface area (Å²) in [6, 6.07) is 0. The van der Waals surface area contributed by atoms with Gasteiger partial charge in [0.25, 0.3) is 0 Å². The molecule has 2 unspecified atom stereocenters. The highest BCUT2D eigenvalue weighted by molar-refractivity contribution is 5.86. The summed E-state index contributed by atoms with van der Waals surface area (Å²) in [7, 11) is 0. The SMILES string of the molecule is C=CC(=O)NC[C@]1(C)CCC[C@]2(C)C1CC[C@]13CC(=C)[C@H](CCC12)C3. The lowest BCUT2D eigenvalue weighted by Gasteiger charge is -2.64. The minimum absolute atomic E-state index is 0.0200. The summed E-state index contributed by atoms with van der Waals surface area (Å²) in [5, 5.41) is 3.13. The Hall–Kier alpha value is -1.05. The van der Waals surface area contributed by atoms with Crippen molar-refractivity contribution in [2.45, 2.75) is 71.6 Å². The molecular weight excluding hydrogens is 306 g/mol. The zero-order valence-electron chi connectivity index (χ0n) is 16.2. The molecule has 2 bridgehead atoms. The standard InChI is InChI=1S/C23H35NO/c1-5-20(25)24-15-21(3)10-6-11-22(4)18(21)9-12-23-13-16(2)17(14-23)7-8-19(22)23/h5,17-19H,1-2,6-15H2,3-4H3,(H,24,25)/t17-,18?,19?,21+,22-,23-/m1/s1. The molecule has 0 aromatic heterocycles. The van der Waals surface area contributed by atoms with Gasteiger partial charge in [-0.3, -0.25) is 4.79 Å². The smallest absolute Gasteiger partial charge is 0.243 e. The maximum Gasteiger partial charge on any atom is 0.243 e. The van der Waals surface area contributed by atoms with Gasteiger partial charge in [-0.1, -0.05) is 39.0 Å². The first-order valence-corrected chi connectivity index (χ1v) is 10.4. The Morgan fingerprint density at radius 1 is 1.20 bits per heavy atom. The van der Waals surface area contributed by atoms with Crippen LogP contribution in [-0.2, 0) is 4.79 Å². The largest absolute Gasteiger partial charge is 0.352 e. The maximum absolute atomic E-state index is 11.8. The number of nitrogens with one attached hydrogen (secondary N) is 1. The number of carbonyl (C=O) groups is 1. The van der Waals surface area contributed by atoms with Gasteiger partial charge in [0.2, 0.25) is 5.91 Å². The van der Waals surface area contributed by atoms with E-state index in [-0.39, 0.29) is 11.3 Å². The number of rotatable bonds is 3. The summed E-state index contributed by atoms with van der Waals surface area (Å²) >= 11 is 0. The monoisotopic (exact) mass is 341 g/mol. The van der Waals surface area contributed by atoms with Gasteiger partial charge >= 0.3 is 0 Å². The van der Waals surface area contributed by atoms with E-state index in [0.29, 0.717) is 10.8 Å². The number of allylic oxidation sites excluding steroid dienone is 1. The van der Waals surface area contributed by atoms with E-state index in [1.165, 1.54) is 63.9 Å². The second-order valence-electron chi connectivity index (χ2n) is 10.3. The Morgan fingerprint density at radius 2 is 2.00 bits per heavy atom. The molecule has 0 heterocycles. The van der Waals surface area contributed by atoms with Gasteiger partial charge in [-0.2, -0.15) is 0 Å². The van der Waals surface area contributed by atoms with Crippen molar-refractivity contribution >= 4 is 5.91 Å². The van der Waals surface area contributed by atoms with Crippen LogP contribution in [0.1, 0.15) is 71.6 Å². The number of hydrogen-bond donors (Lipinski definition) is 1. The Bertz CT molecular complexity index is 609. The van der Waals surface area contributed by atoms with Crippen LogP contribution in [-0.4, -0.2) is 12.5 Å². The van der Waals surface area contributed by atoms with Gasteiger partial charge in [-0.25, -0.2) is 0 Å². The third kappa shape index (κ3) is 2.46. The van der Waals surface area contributed by atoms with Crippen LogP contribution >= 0.6 is 0 Å². The van der Waals surface area contributed by atoms with E-state index in [0.717, 1.165) is 24.3 Å².